The highest BCUT2D eigenvalue weighted by Crippen LogP contribution is 2.30. The Hall–Kier alpha value is -2.67. The number of carbonyl (C=O) groups is 1. The predicted molar refractivity (Wildman–Crippen MR) is 139 cm³/mol. The van der Waals surface area contributed by atoms with E-state index in [9.17, 15) is 4.79 Å². The summed E-state index contributed by atoms with van der Waals surface area (Å²) in [5.74, 6) is 1.19. The normalized spacial score (nSPS) is 17.2. The highest BCUT2D eigenvalue weighted by Gasteiger charge is 2.27. The van der Waals surface area contributed by atoms with Crippen molar-refractivity contribution in [2.24, 2.45) is 17.6 Å². The number of likely N-dealkylation sites (tertiary alicyclic amines) is 1. The van der Waals surface area contributed by atoms with Gasteiger partial charge in [0, 0.05) is 43.4 Å². The van der Waals surface area contributed by atoms with Crippen LogP contribution in [0, 0.1) is 11.8 Å². The Morgan fingerprint density at radius 1 is 1.14 bits per heavy atom. The third kappa shape index (κ3) is 6.72. The number of nitrogens with two attached hydrogens (primary N) is 1. The topological polar surface area (TPSA) is 81.3 Å². The summed E-state index contributed by atoms with van der Waals surface area (Å²) in [6.45, 7) is 2.63. The van der Waals surface area contributed by atoms with Crippen LogP contribution in [0.5, 0.6) is 5.75 Å². The number of hydrogen-bond acceptors (Lipinski definition) is 5. The molecule has 8 heteroatoms. The second-order valence-corrected chi connectivity index (χ2v) is 9.90. The average molecular weight is 513 g/mol. The molecule has 2 aromatic carbocycles. The van der Waals surface area contributed by atoms with E-state index in [0.29, 0.717) is 28.2 Å². The molecule has 3 aromatic rings. The van der Waals surface area contributed by atoms with Crippen molar-refractivity contribution in [3.05, 3.63) is 76.3 Å². The van der Waals surface area contributed by atoms with Crippen LogP contribution in [0.15, 0.2) is 54.9 Å². The summed E-state index contributed by atoms with van der Waals surface area (Å²) in [6, 6.07) is 13.5. The van der Waals surface area contributed by atoms with Crippen LogP contribution in [0.4, 0.5) is 0 Å². The van der Waals surface area contributed by atoms with Crippen LogP contribution in [-0.4, -0.2) is 41.0 Å². The Bertz CT molecular complexity index is 1140. The number of carbonyl (C=O) groups excluding carboxylic acids is 1. The van der Waals surface area contributed by atoms with E-state index in [0.717, 1.165) is 61.3 Å². The molecule has 2 N–H and O–H groups in total. The molecule has 0 spiro atoms. The molecule has 184 valence electrons. The van der Waals surface area contributed by atoms with Gasteiger partial charge in [-0.1, -0.05) is 47.5 Å². The van der Waals surface area contributed by atoms with Crippen molar-refractivity contribution in [3.63, 3.8) is 0 Å². The smallest absolute Gasteiger partial charge is 0.220 e. The van der Waals surface area contributed by atoms with Gasteiger partial charge in [0.1, 0.15) is 11.6 Å². The van der Waals surface area contributed by atoms with E-state index < -0.39 is 0 Å². The van der Waals surface area contributed by atoms with Gasteiger partial charge in [0.05, 0.1) is 17.2 Å². The Balaban J connectivity index is 1.37. The molecule has 0 bridgehead atoms. The standard InChI is InChI=1S/C27H30Cl2N4O2/c1-35-23-9-7-19(8-10-23)22-14-31-25(32-15-22)13-21(27(30)34)12-18-4-3-11-33(16-18)17-20-5-2-6-24(28)26(20)29/h2,5-10,14-15,18,21H,3-4,11-13,16-17H2,1H3,(H2,30,34). The molecule has 1 aliphatic heterocycles. The molecule has 1 saturated heterocycles. The Kier molecular flexibility index (Phi) is 8.60. The SMILES string of the molecule is COc1ccc(-c2cnc(CC(CC3CCCN(Cc4cccc(Cl)c4Cl)C3)C(N)=O)nc2)cc1. The van der Waals surface area contributed by atoms with Crippen molar-refractivity contribution >= 4 is 29.1 Å². The Morgan fingerprint density at radius 2 is 1.89 bits per heavy atom. The lowest BCUT2D eigenvalue weighted by molar-refractivity contribution is -0.122. The third-order valence-electron chi connectivity index (χ3n) is 6.61. The summed E-state index contributed by atoms with van der Waals surface area (Å²) in [7, 11) is 1.64. The van der Waals surface area contributed by atoms with Crippen molar-refractivity contribution in [1.82, 2.24) is 14.9 Å². The first-order chi connectivity index (χ1) is 16.9. The summed E-state index contributed by atoms with van der Waals surface area (Å²) >= 11 is 12.6. The van der Waals surface area contributed by atoms with Gasteiger partial charge in [0.2, 0.25) is 5.91 Å². The molecule has 4 rings (SSSR count). The first-order valence-corrected chi connectivity index (χ1v) is 12.6. The first-order valence-electron chi connectivity index (χ1n) is 11.8. The zero-order chi connectivity index (χ0) is 24.8. The molecule has 0 radical (unpaired) electrons. The van der Waals surface area contributed by atoms with Crippen molar-refractivity contribution in [1.29, 1.82) is 0 Å². The van der Waals surface area contributed by atoms with E-state index in [-0.39, 0.29) is 11.8 Å². The van der Waals surface area contributed by atoms with Gasteiger partial charge in [-0.05, 0) is 61.1 Å². The molecule has 0 aliphatic carbocycles. The van der Waals surface area contributed by atoms with Crippen molar-refractivity contribution in [2.75, 3.05) is 20.2 Å². The fourth-order valence-corrected chi connectivity index (χ4v) is 5.09. The number of amides is 1. The van der Waals surface area contributed by atoms with Crippen molar-refractivity contribution < 1.29 is 9.53 Å². The molecule has 35 heavy (non-hydrogen) atoms. The summed E-state index contributed by atoms with van der Waals surface area (Å²) in [5.41, 5.74) is 8.73. The molecule has 6 nitrogen and oxygen atoms in total. The first kappa shape index (κ1) is 25.4. The number of rotatable bonds is 9. The molecule has 2 unspecified atom stereocenters. The quantitative estimate of drug-likeness (QED) is 0.414. The van der Waals surface area contributed by atoms with E-state index in [2.05, 4.69) is 14.9 Å². The van der Waals surface area contributed by atoms with Gasteiger partial charge in [-0.3, -0.25) is 9.69 Å². The van der Waals surface area contributed by atoms with Gasteiger partial charge >= 0.3 is 0 Å². The maximum atomic E-state index is 12.3. The molecule has 1 aliphatic rings. The Labute approximate surface area is 216 Å². The zero-order valence-electron chi connectivity index (χ0n) is 19.8. The van der Waals surface area contributed by atoms with Crippen LogP contribution < -0.4 is 10.5 Å². The van der Waals surface area contributed by atoms with Crippen LogP contribution in [0.1, 0.15) is 30.7 Å². The monoisotopic (exact) mass is 512 g/mol. The van der Waals surface area contributed by atoms with Crippen LogP contribution in [-0.2, 0) is 17.8 Å². The molecular formula is C27H30Cl2N4O2. The van der Waals surface area contributed by atoms with Gasteiger partial charge in [0.25, 0.3) is 0 Å². The minimum absolute atomic E-state index is 0.303. The largest absolute Gasteiger partial charge is 0.497 e. The van der Waals surface area contributed by atoms with Crippen LogP contribution >= 0.6 is 23.2 Å². The summed E-state index contributed by atoms with van der Waals surface area (Å²) in [4.78, 5) is 23.7. The lowest BCUT2D eigenvalue weighted by atomic mass is 9.86. The van der Waals surface area contributed by atoms with E-state index >= 15 is 0 Å². The highest BCUT2D eigenvalue weighted by molar-refractivity contribution is 6.42. The van der Waals surface area contributed by atoms with E-state index in [1.807, 2.05) is 36.4 Å². The fraction of sp³-hybridized carbons (Fsp3) is 0.370. The van der Waals surface area contributed by atoms with Crippen LogP contribution in [0.25, 0.3) is 11.1 Å². The number of primary amides is 1. The lowest BCUT2D eigenvalue weighted by Crippen LogP contribution is -2.37. The zero-order valence-corrected chi connectivity index (χ0v) is 21.3. The number of aromatic nitrogens is 2. The van der Waals surface area contributed by atoms with Gasteiger partial charge in [-0.15, -0.1) is 0 Å². The van der Waals surface area contributed by atoms with Crippen LogP contribution in [0.3, 0.4) is 0 Å². The molecule has 1 amide bonds. The van der Waals surface area contributed by atoms with E-state index in [1.165, 1.54) is 0 Å². The number of hydrogen-bond donors (Lipinski definition) is 1. The minimum Gasteiger partial charge on any atom is -0.497 e. The fourth-order valence-electron chi connectivity index (χ4n) is 4.71. The number of halogens is 2. The second kappa shape index (κ2) is 11.8. The lowest BCUT2D eigenvalue weighted by Gasteiger charge is -2.34. The van der Waals surface area contributed by atoms with Gasteiger partial charge in [-0.25, -0.2) is 9.97 Å². The molecule has 1 fully saturated rings. The summed E-state index contributed by atoms with van der Waals surface area (Å²) in [5, 5.41) is 1.19. The number of benzene rings is 2. The maximum Gasteiger partial charge on any atom is 0.220 e. The number of nitrogens with zero attached hydrogens (tertiary/aromatic N) is 3. The van der Waals surface area contributed by atoms with E-state index in [4.69, 9.17) is 33.7 Å². The Morgan fingerprint density at radius 3 is 2.57 bits per heavy atom. The number of methoxy groups -OCH3 is 1. The summed E-state index contributed by atoms with van der Waals surface area (Å²) < 4.78 is 5.21. The molecule has 2 heterocycles. The van der Waals surface area contributed by atoms with Crippen molar-refractivity contribution in [2.45, 2.75) is 32.2 Å². The molecular weight excluding hydrogens is 483 g/mol. The van der Waals surface area contributed by atoms with Crippen LogP contribution in [0.2, 0.25) is 10.0 Å². The van der Waals surface area contributed by atoms with Crippen molar-refractivity contribution in [3.8, 4) is 16.9 Å². The predicted octanol–water partition coefficient (Wildman–Crippen LogP) is 5.41. The van der Waals surface area contributed by atoms with E-state index in [1.54, 1.807) is 25.6 Å². The summed E-state index contributed by atoms with van der Waals surface area (Å²) in [6.07, 6.45) is 6.88. The second-order valence-electron chi connectivity index (χ2n) is 9.11. The molecule has 1 aromatic heterocycles. The van der Waals surface area contributed by atoms with Gasteiger partial charge < -0.3 is 10.5 Å². The number of ether oxygens (including phenoxy) is 1. The number of piperidine rings is 1. The van der Waals surface area contributed by atoms with Gasteiger partial charge in [0.15, 0.2) is 0 Å². The molecule has 0 saturated carbocycles. The molecule has 2 atom stereocenters. The maximum absolute atomic E-state index is 12.3. The average Bonchev–Trinajstić information content (AvgIpc) is 2.87. The highest BCUT2D eigenvalue weighted by atomic mass is 35.5. The minimum atomic E-state index is -0.304. The van der Waals surface area contributed by atoms with Gasteiger partial charge in [-0.2, -0.15) is 0 Å². The third-order valence-corrected chi connectivity index (χ3v) is 7.46.